The number of carboxylic acid groups (broad SMARTS) is 1. The molecule has 0 spiro atoms. The summed E-state index contributed by atoms with van der Waals surface area (Å²) >= 11 is 0. The van der Waals surface area contributed by atoms with Gasteiger partial charge in [0.1, 0.15) is 5.56 Å². The minimum atomic E-state index is -1.22. The molecule has 6 nitrogen and oxygen atoms in total. The Bertz CT molecular complexity index is 492. The van der Waals surface area contributed by atoms with Crippen LogP contribution in [0.25, 0.3) is 0 Å². The predicted molar refractivity (Wildman–Crippen MR) is 65.0 cm³/mol. The van der Waals surface area contributed by atoms with Crippen LogP contribution in [0.1, 0.15) is 21.6 Å². The molecule has 0 fully saturated rings. The van der Waals surface area contributed by atoms with Gasteiger partial charge < -0.3 is 19.5 Å². The number of pyridine rings is 1. The molecule has 100 valence electrons. The van der Waals surface area contributed by atoms with E-state index in [4.69, 9.17) is 14.9 Å². The van der Waals surface area contributed by atoms with E-state index < -0.39 is 11.5 Å². The van der Waals surface area contributed by atoms with E-state index in [1.165, 1.54) is 4.57 Å². The number of hydrogen-bond donors (Lipinski definition) is 2. The highest BCUT2D eigenvalue weighted by Crippen LogP contribution is 2.06. The Balaban J connectivity index is 3.01. The van der Waals surface area contributed by atoms with Gasteiger partial charge in [-0.2, -0.15) is 0 Å². The standard InChI is InChI=1S/C12H17NO5/c1-8-7-9(2)13(3-5-18-6-4-14)11(15)10(8)12(16)17/h7,14H,3-6H2,1-2H3,(H,16,17). The van der Waals surface area contributed by atoms with Gasteiger partial charge in [0.25, 0.3) is 5.56 Å². The van der Waals surface area contributed by atoms with Gasteiger partial charge in [-0.15, -0.1) is 0 Å². The number of aryl methyl sites for hydroxylation is 2. The molecule has 0 aliphatic rings. The number of ether oxygens (including phenoxy) is 1. The average Bonchev–Trinajstić information content (AvgIpc) is 2.26. The van der Waals surface area contributed by atoms with Crippen molar-refractivity contribution in [3.05, 3.63) is 33.2 Å². The van der Waals surface area contributed by atoms with Gasteiger partial charge in [-0.25, -0.2) is 4.79 Å². The Morgan fingerprint density at radius 3 is 2.61 bits per heavy atom. The van der Waals surface area contributed by atoms with Crippen LogP contribution in [0.5, 0.6) is 0 Å². The molecule has 0 bridgehead atoms. The molecule has 1 heterocycles. The molecule has 6 heteroatoms. The Labute approximate surface area is 104 Å². The van der Waals surface area contributed by atoms with E-state index in [1.807, 2.05) is 0 Å². The number of rotatable bonds is 6. The molecule has 1 rings (SSSR count). The van der Waals surface area contributed by atoms with Crippen molar-refractivity contribution in [2.24, 2.45) is 0 Å². The third-order valence-electron chi connectivity index (χ3n) is 2.61. The predicted octanol–water partition coefficient (Wildman–Crippen LogP) is 0.172. The molecule has 0 radical (unpaired) electrons. The third kappa shape index (κ3) is 3.18. The largest absolute Gasteiger partial charge is 0.477 e. The summed E-state index contributed by atoms with van der Waals surface area (Å²) in [6.07, 6.45) is 0. The topological polar surface area (TPSA) is 88.8 Å². The number of carbonyl (C=O) groups is 1. The average molecular weight is 255 g/mol. The first-order chi connectivity index (χ1) is 8.49. The summed E-state index contributed by atoms with van der Waals surface area (Å²) < 4.78 is 6.44. The molecule has 0 aromatic carbocycles. The van der Waals surface area contributed by atoms with Crippen molar-refractivity contribution in [2.75, 3.05) is 19.8 Å². The molecular weight excluding hydrogens is 238 g/mol. The summed E-state index contributed by atoms with van der Waals surface area (Å²) in [5, 5.41) is 17.5. The lowest BCUT2D eigenvalue weighted by Crippen LogP contribution is -2.30. The maximum atomic E-state index is 12.0. The lowest BCUT2D eigenvalue weighted by molar-refractivity contribution is 0.0691. The Morgan fingerprint density at radius 2 is 2.06 bits per heavy atom. The molecule has 0 aliphatic heterocycles. The maximum absolute atomic E-state index is 12.0. The molecule has 1 aromatic heterocycles. The number of hydrogen-bond acceptors (Lipinski definition) is 4. The smallest absolute Gasteiger partial charge is 0.341 e. The summed E-state index contributed by atoms with van der Waals surface area (Å²) in [5.41, 5.74) is 0.419. The normalized spacial score (nSPS) is 10.6. The van der Waals surface area contributed by atoms with Crippen molar-refractivity contribution in [2.45, 2.75) is 20.4 Å². The van der Waals surface area contributed by atoms with Gasteiger partial charge in [0, 0.05) is 12.2 Å². The zero-order valence-corrected chi connectivity index (χ0v) is 10.5. The number of aliphatic hydroxyl groups excluding tert-OH is 1. The van der Waals surface area contributed by atoms with Crippen LogP contribution in [0.15, 0.2) is 10.9 Å². The fraction of sp³-hybridized carbons (Fsp3) is 0.500. The molecule has 0 unspecified atom stereocenters. The van der Waals surface area contributed by atoms with Crippen LogP contribution in [0, 0.1) is 13.8 Å². The number of aliphatic hydroxyl groups is 1. The van der Waals surface area contributed by atoms with Gasteiger partial charge in [-0.3, -0.25) is 4.79 Å². The monoisotopic (exact) mass is 255 g/mol. The maximum Gasteiger partial charge on any atom is 0.341 e. The van der Waals surface area contributed by atoms with Gasteiger partial charge in [-0.05, 0) is 25.5 Å². The van der Waals surface area contributed by atoms with Gasteiger partial charge in [0.15, 0.2) is 0 Å². The SMILES string of the molecule is Cc1cc(C)n(CCOCCO)c(=O)c1C(=O)O. The fourth-order valence-corrected chi connectivity index (χ4v) is 1.79. The van der Waals surface area contributed by atoms with Gasteiger partial charge in [0.05, 0.1) is 19.8 Å². The minimum Gasteiger partial charge on any atom is -0.477 e. The number of aromatic nitrogens is 1. The fourth-order valence-electron chi connectivity index (χ4n) is 1.79. The van der Waals surface area contributed by atoms with Crippen LogP contribution in [-0.2, 0) is 11.3 Å². The van der Waals surface area contributed by atoms with E-state index in [-0.39, 0.29) is 31.9 Å². The molecule has 18 heavy (non-hydrogen) atoms. The van der Waals surface area contributed by atoms with Crippen molar-refractivity contribution < 1.29 is 19.7 Å². The second-order valence-electron chi connectivity index (χ2n) is 3.94. The van der Waals surface area contributed by atoms with Crippen molar-refractivity contribution in [3.8, 4) is 0 Å². The summed E-state index contributed by atoms with van der Waals surface area (Å²) in [4.78, 5) is 23.0. The lowest BCUT2D eigenvalue weighted by atomic mass is 10.1. The van der Waals surface area contributed by atoms with Crippen LogP contribution in [0.4, 0.5) is 0 Å². The highest BCUT2D eigenvalue weighted by atomic mass is 16.5. The summed E-state index contributed by atoms with van der Waals surface area (Å²) in [6.45, 7) is 3.98. The van der Waals surface area contributed by atoms with Gasteiger partial charge >= 0.3 is 5.97 Å². The summed E-state index contributed by atoms with van der Waals surface area (Å²) in [5.74, 6) is -1.22. The van der Waals surface area contributed by atoms with Crippen molar-refractivity contribution >= 4 is 5.97 Å². The van der Waals surface area contributed by atoms with Crippen molar-refractivity contribution in [1.82, 2.24) is 4.57 Å². The first-order valence-corrected chi connectivity index (χ1v) is 5.62. The van der Waals surface area contributed by atoms with E-state index in [1.54, 1.807) is 19.9 Å². The minimum absolute atomic E-state index is 0.0812. The second-order valence-corrected chi connectivity index (χ2v) is 3.94. The van der Waals surface area contributed by atoms with Crippen LogP contribution in [0.3, 0.4) is 0 Å². The first-order valence-electron chi connectivity index (χ1n) is 5.62. The molecular formula is C12H17NO5. The number of nitrogens with zero attached hydrogens (tertiary/aromatic N) is 1. The Morgan fingerprint density at radius 1 is 1.39 bits per heavy atom. The molecule has 1 aromatic rings. The van der Waals surface area contributed by atoms with Gasteiger partial charge in [0.2, 0.25) is 0 Å². The van der Waals surface area contributed by atoms with Gasteiger partial charge in [-0.1, -0.05) is 0 Å². The number of carboxylic acids is 1. The molecule has 0 atom stereocenters. The first kappa shape index (κ1) is 14.4. The van der Waals surface area contributed by atoms with Crippen molar-refractivity contribution in [1.29, 1.82) is 0 Å². The molecule has 0 saturated heterocycles. The third-order valence-corrected chi connectivity index (χ3v) is 2.61. The van der Waals surface area contributed by atoms with Crippen LogP contribution >= 0.6 is 0 Å². The molecule has 0 aliphatic carbocycles. The molecule has 0 amide bonds. The van der Waals surface area contributed by atoms with E-state index in [0.29, 0.717) is 11.3 Å². The number of aromatic carboxylic acids is 1. The molecule has 0 saturated carbocycles. The summed E-state index contributed by atoms with van der Waals surface area (Å²) in [7, 11) is 0. The highest BCUT2D eigenvalue weighted by Gasteiger charge is 2.16. The quantitative estimate of drug-likeness (QED) is 0.707. The van der Waals surface area contributed by atoms with Crippen LogP contribution in [0.2, 0.25) is 0 Å². The van der Waals surface area contributed by atoms with E-state index in [2.05, 4.69) is 0 Å². The lowest BCUT2D eigenvalue weighted by Gasteiger charge is -2.12. The highest BCUT2D eigenvalue weighted by molar-refractivity contribution is 5.88. The van der Waals surface area contributed by atoms with Crippen LogP contribution < -0.4 is 5.56 Å². The van der Waals surface area contributed by atoms with Crippen molar-refractivity contribution in [3.63, 3.8) is 0 Å². The van der Waals surface area contributed by atoms with Crippen LogP contribution in [-0.4, -0.2) is 40.6 Å². The summed E-state index contributed by atoms with van der Waals surface area (Å²) in [6, 6.07) is 1.66. The van der Waals surface area contributed by atoms with E-state index >= 15 is 0 Å². The zero-order chi connectivity index (χ0) is 13.7. The van der Waals surface area contributed by atoms with E-state index in [0.717, 1.165) is 0 Å². The second kappa shape index (κ2) is 6.32. The Hall–Kier alpha value is -1.66. The molecule has 2 N–H and O–H groups in total. The Kier molecular flexibility index (Phi) is 5.06. The van der Waals surface area contributed by atoms with E-state index in [9.17, 15) is 9.59 Å². The zero-order valence-electron chi connectivity index (χ0n) is 10.5.